The molecule has 1 saturated carbocycles. The van der Waals surface area contributed by atoms with Crippen LogP contribution in [0.5, 0.6) is 0 Å². The number of hydrogen-bond donors (Lipinski definition) is 2. The normalized spacial score (nSPS) is 17.6. The van der Waals surface area contributed by atoms with Gasteiger partial charge in [-0.3, -0.25) is 0 Å². The maximum absolute atomic E-state index is 5.91. The first kappa shape index (κ1) is 12.4. The van der Waals surface area contributed by atoms with Crippen molar-refractivity contribution in [2.24, 2.45) is 10.7 Å². The molecule has 1 aliphatic carbocycles. The number of nitrogens with two attached hydrogens (primary N) is 1. The van der Waals surface area contributed by atoms with Crippen molar-refractivity contribution in [2.75, 3.05) is 0 Å². The Labute approximate surface area is 107 Å². The maximum Gasteiger partial charge on any atom is 0.189 e. The predicted molar refractivity (Wildman–Crippen MR) is 74.4 cm³/mol. The number of aryl methyl sites for hydroxylation is 1. The number of aliphatic imine (C=N–C) groups is 1. The van der Waals surface area contributed by atoms with Crippen LogP contribution in [0.4, 0.5) is 0 Å². The quantitative estimate of drug-likeness (QED) is 0.638. The lowest BCUT2D eigenvalue weighted by molar-refractivity contribution is 0.625. The number of nitrogens with one attached hydrogen (secondary N) is 1. The van der Waals surface area contributed by atoms with Crippen molar-refractivity contribution in [1.29, 1.82) is 0 Å². The molecule has 1 aliphatic rings. The molecule has 2 rings (SSSR count). The Hall–Kier alpha value is -1.03. The van der Waals surface area contributed by atoms with E-state index in [2.05, 4.69) is 28.7 Å². The molecule has 0 spiro atoms. The summed E-state index contributed by atoms with van der Waals surface area (Å²) in [5.74, 6) is 0.604. The van der Waals surface area contributed by atoms with Gasteiger partial charge in [-0.1, -0.05) is 19.8 Å². The van der Waals surface area contributed by atoms with Crippen LogP contribution in [0.1, 0.15) is 43.0 Å². The zero-order chi connectivity index (χ0) is 12.1. The first-order valence-corrected chi connectivity index (χ1v) is 7.29. The topological polar surface area (TPSA) is 50.4 Å². The summed E-state index contributed by atoms with van der Waals surface area (Å²) in [5, 5.41) is 5.44. The molecular weight excluding hydrogens is 230 g/mol. The van der Waals surface area contributed by atoms with E-state index in [1.54, 1.807) is 11.3 Å². The van der Waals surface area contributed by atoms with Crippen molar-refractivity contribution in [3.8, 4) is 0 Å². The van der Waals surface area contributed by atoms with Crippen LogP contribution in [-0.4, -0.2) is 12.0 Å². The Morgan fingerprint density at radius 2 is 2.29 bits per heavy atom. The van der Waals surface area contributed by atoms with Gasteiger partial charge in [0.05, 0.1) is 6.54 Å². The number of hydrogen-bond acceptors (Lipinski definition) is 2. The molecule has 0 radical (unpaired) electrons. The fourth-order valence-electron chi connectivity index (χ4n) is 2.30. The summed E-state index contributed by atoms with van der Waals surface area (Å²) < 4.78 is 0. The molecule has 0 atom stereocenters. The zero-order valence-corrected chi connectivity index (χ0v) is 11.2. The Morgan fingerprint density at radius 1 is 1.53 bits per heavy atom. The van der Waals surface area contributed by atoms with E-state index >= 15 is 0 Å². The molecule has 1 fully saturated rings. The van der Waals surface area contributed by atoms with E-state index in [4.69, 9.17) is 5.73 Å². The van der Waals surface area contributed by atoms with Gasteiger partial charge in [-0.15, -0.1) is 11.3 Å². The first-order valence-electron chi connectivity index (χ1n) is 6.41. The van der Waals surface area contributed by atoms with Gasteiger partial charge in [0.25, 0.3) is 0 Å². The van der Waals surface area contributed by atoms with Crippen LogP contribution in [0.2, 0.25) is 0 Å². The SMILES string of the molecule is CCc1ccsc1CN=C(N)NC1CCCC1. The highest BCUT2D eigenvalue weighted by Gasteiger charge is 2.14. The Morgan fingerprint density at radius 3 is 3.00 bits per heavy atom. The molecule has 0 saturated heterocycles. The van der Waals surface area contributed by atoms with Crippen LogP contribution >= 0.6 is 11.3 Å². The van der Waals surface area contributed by atoms with Gasteiger partial charge in [0.2, 0.25) is 0 Å². The lowest BCUT2D eigenvalue weighted by atomic mass is 10.2. The van der Waals surface area contributed by atoms with Gasteiger partial charge in [-0.2, -0.15) is 0 Å². The number of thiophene rings is 1. The lowest BCUT2D eigenvalue weighted by Crippen LogP contribution is -2.38. The summed E-state index contributed by atoms with van der Waals surface area (Å²) in [6, 6.07) is 2.73. The summed E-state index contributed by atoms with van der Waals surface area (Å²) in [7, 11) is 0. The van der Waals surface area contributed by atoms with Gasteiger partial charge in [0.1, 0.15) is 0 Å². The highest BCUT2D eigenvalue weighted by Crippen LogP contribution is 2.19. The molecule has 1 heterocycles. The minimum Gasteiger partial charge on any atom is -0.370 e. The molecule has 0 aliphatic heterocycles. The summed E-state index contributed by atoms with van der Waals surface area (Å²) in [5.41, 5.74) is 7.30. The molecule has 0 amide bonds. The van der Waals surface area contributed by atoms with Gasteiger partial charge in [-0.25, -0.2) is 4.99 Å². The smallest absolute Gasteiger partial charge is 0.189 e. The van der Waals surface area contributed by atoms with E-state index in [1.807, 2.05) is 0 Å². The second-order valence-corrected chi connectivity index (χ2v) is 5.55. The fraction of sp³-hybridized carbons (Fsp3) is 0.615. The monoisotopic (exact) mass is 251 g/mol. The lowest BCUT2D eigenvalue weighted by Gasteiger charge is -2.12. The van der Waals surface area contributed by atoms with Gasteiger partial charge >= 0.3 is 0 Å². The van der Waals surface area contributed by atoms with Gasteiger partial charge in [-0.05, 0) is 36.3 Å². The van der Waals surface area contributed by atoms with Crippen LogP contribution in [0.25, 0.3) is 0 Å². The van der Waals surface area contributed by atoms with E-state index in [9.17, 15) is 0 Å². The average Bonchev–Trinajstić information content (AvgIpc) is 2.96. The third-order valence-electron chi connectivity index (χ3n) is 3.32. The number of rotatable bonds is 4. The molecule has 4 heteroatoms. The van der Waals surface area contributed by atoms with Crippen molar-refractivity contribution < 1.29 is 0 Å². The third kappa shape index (κ3) is 3.46. The summed E-state index contributed by atoms with van der Waals surface area (Å²) in [4.78, 5) is 5.77. The Kier molecular flexibility index (Phi) is 4.42. The second-order valence-electron chi connectivity index (χ2n) is 4.55. The van der Waals surface area contributed by atoms with E-state index in [0.717, 1.165) is 6.42 Å². The molecule has 3 N–H and O–H groups in total. The van der Waals surface area contributed by atoms with Crippen molar-refractivity contribution in [3.05, 3.63) is 21.9 Å². The molecule has 94 valence electrons. The third-order valence-corrected chi connectivity index (χ3v) is 4.27. The second kappa shape index (κ2) is 6.05. The average molecular weight is 251 g/mol. The predicted octanol–water partition coefficient (Wildman–Crippen LogP) is 2.66. The highest BCUT2D eigenvalue weighted by molar-refractivity contribution is 7.10. The zero-order valence-electron chi connectivity index (χ0n) is 10.4. The standard InChI is InChI=1S/C13H21N3S/c1-2-10-7-8-17-12(10)9-15-13(14)16-11-5-3-4-6-11/h7-8,11H,2-6,9H2,1H3,(H3,14,15,16). The molecular formula is C13H21N3S. The van der Waals surface area contributed by atoms with Crippen LogP contribution < -0.4 is 11.1 Å². The highest BCUT2D eigenvalue weighted by atomic mass is 32.1. The van der Waals surface area contributed by atoms with Crippen molar-refractivity contribution >= 4 is 17.3 Å². The van der Waals surface area contributed by atoms with Crippen LogP contribution in [0.3, 0.4) is 0 Å². The summed E-state index contributed by atoms with van der Waals surface area (Å²) in [6.07, 6.45) is 6.17. The van der Waals surface area contributed by atoms with Crippen molar-refractivity contribution in [2.45, 2.75) is 51.6 Å². The molecule has 0 aromatic carbocycles. The van der Waals surface area contributed by atoms with Crippen LogP contribution in [0.15, 0.2) is 16.4 Å². The molecule has 17 heavy (non-hydrogen) atoms. The van der Waals surface area contributed by atoms with Crippen molar-refractivity contribution in [1.82, 2.24) is 5.32 Å². The van der Waals surface area contributed by atoms with E-state index < -0.39 is 0 Å². The Balaban J connectivity index is 1.86. The van der Waals surface area contributed by atoms with Gasteiger partial charge in [0, 0.05) is 10.9 Å². The van der Waals surface area contributed by atoms with E-state index in [1.165, 1.54) is 36.1 Å². The Bertz CT molecular complexity index is 378. The van der Waals surface area contributed by atoms with Gasteiger partial charge < -0.3 is 11.1 Å². The molecule has 3 nitrogen and oxygen atoms in total. The summed E-state index contributed by atoms with van der Waals surface area (Å²) in [6.45, 7) is 2.89. The maximum atomic E-state index is 5.91. The molecule has 1 aromatic rings. The van der Waals surface area contributed by atoms with E-state index in [-0.39, 0.29) is 0 Å². The minimum absolute atomic E-state index is 0.549. The number of nitrogens with zero attached hydrogens (tertiary/aromatic N) is 1. The minimum atomic E-state index is 0.549. The molecule has 0 unspecified atom stereocenters. The van der Waals surface area contributed by atoms with Crippen molar-refractivity contribution in [3.63, 3.8) is 0 Å². The van der Waals surface area contributed by atoms with Crippen LogP contribution in [-0.2, 0) is 13.0 Å². The number of guanidine groups is 1. The summed E-state index contributed by atoms with van der Waals surface area (Å²) >= 11 is 1.77. The largest absolute Gasteiger partial charge is 0.370 e. The molecule has 0 bridgehead atoms. The van der Waals surface area contributed by atoms with Crippen LogP contribution in [0, 0.1) is 0 Å². The first-order chi connectivity index (χ1) is 8.29. The fourth-order valence-corrected chi connectivity index (χ4v) is 3.20. The van der Waals surface area contributed by atoms with E-state index in [0.29, 0.717) is 18.5 Å². The van der Waals surface area contributed by atoms with Gasteiger partial charge in [0.15, 0.2) is 5.96 Å². The molecule has 1 aromatic heterocycles.